The summed E-state index contributed by atoms with van der Waals surface area (Å²) in [7, 11) is 0. The Morgan fingerprint density at radius 3 is 2.30 bits per heavy atom. The topological polar surface area (TPSA) is 0 Å². The molecular weight excluding hydrogens is 144 g/mol. The van der Waals surface area contributed by atoms with Gasteiger partial charge in [0, 0.05) is 4.87 Å². The Balaban J connectivity index is 2.46. The Bertz CT molecular complexity index is 133. The van der Waals surface area contributed by atoms with Crippen LogP contribution in [-0.4, -0.2) is 4.87 Å². The lowest BCUT2D eigenvalue weighted by molar-refractivity contribution is 0.478. The Kier molecular flexibility index (Phi) is 2.40. The fourth-order valence-electron chi connectivity index (χ4n) is 1.38. The van der Waals surface area contributed by atoms with Crippen molar-refractivity contribution in [3.05, 3.63) is 11.6 Å². The number of rotatable bonds is 0. The zero-order valence-electron chi connectivity index (χ0n) is 6.78. The highest BCUT2D eigenvalue weighted by Gasteiger charge is 2.24. The third-order valence-corrected chi connectivity index (χ3v) is 2.72. The van der Waals surface area contributed by atoms with Crippen molar-refractivity contribution in [3.63, 3.8) is 0 Å². The van der Waals surface area contributed by atoms with E-state index in [9.17, 15) is 0 Å². The van der Waals surface area contributed by atoms with E-state index < -0.39 is 0 Å². The molecule has 0 spiro atoms. The molecule has 0 aromatic heterocycles. The summed E-state index contributed by atoms with van der Waals surface area (Å²) in [5.74, 6) is 0. The van der Waals surface area contributed by atoms with Crippen LogP contribution in [0.25, 0.3) is 0 Å². The summed E-state index contributed by atoms with van der Waals surface area (Å²) in [5.41, 5.74) is 1.58. The third-order valence-electron chi connectivity index (χ3n) is 2.34. The highest BCUT2D eigenvalue weighted by molar-refractivity contribution is 6.23. The van der Waals surface area contributed by atoms with Crippen LogP contribution in [0.5, 0.6) is 0 Å². The monoisotopic (exact) mass is 158 g/mol. The smallest absolute Gasteiger partial charge is 0.0424 e. The van der Waals surface area contributed by atoms with Crippen molar-refractivity contribution in [2.45, 2.75) is 44.4 Å². The summed E-state index contributed by atoms with van der Waals surface area (Å²) >= 11 is 6.17. The number of hydrogen-bond acceptors (Lipinski definition) is 0. The van der Waals surface area contributed by atoms with E-state index in [2.05, 4.69) is 19.9 Å². The Hall–Kier alpha value is 0.0300. The molecule has 0 unspecified atom stereocenters. The van der Waals surface area contributed by atoms with Gasteiger partial charge in [-0.15, -0.1) is 11.6 Å². The largest absolute Gasteiger partial charge is 0.120 e. The zero-order chi connectivity index (χ0) is 7.61. The molecule has 10 heavy (non-hydrogen) atoms. The molecular formula is C9H15Cl. The maximum atomic E-state index is 6.17. The molecule has 0 amide bonds. The lowest BCUT2D eigenvalue weighted by atomic mass is 9.86. The molecule has 0 aromatic rings. The van der Waals surface area contributed by atoms with E-state index in [1.54, 1.807) is 5.57 Å². The van der Waals surface area contributed by atoms with E-state index in [0.717, 1.165) is 12.8 Å². The van der Waals surface area contributed by atoms with Gasteiger partial charge in [0.1, 0.15) is 0 Å². The zero-order valence-corrected chi connectivity index (χ0v) is 7.54. The average molecular weight is 159 g/mol. The Labute approximate surface area is 68.3 Å². The SMILES string of the molecule is CC=C1CCC(C)(Cl)CC1. The lowest BCUT2D eigenvalue weighted by Gasteiger charge is -2.28. The maximum absolute atomic E-state index is 6.17. The molecule has 1 fully saturated rings. The Morgan fingerprint density at radius 1 is 1.40 bits per heavy atom. The first-order valence-corrected chi connectivity index (χ1v) is 4.35. The normalized spacial score (nSPS) is 34.1. The minimum atomic E-state index is 0.0898. The number of alkyl halides is 1. The molecule has 0 nitrogen and oxygen atoms in total. The van der Waals surface area contributed by atoms with Crippen molar-refractivity contribution in [3.8, 4) is 0 Å². The molecule has 1 aliphatic carbocycles. The third kappa shape index (κ3) is 2.02. The van der Waals surface area contributed by atoms with Crippen LogP contribution in [0.1, 0.15) is 39.5 Å². The standard InChI is InChI=1S/C9H15Cl/c1-3-8-4-6-9(2,10)7-5-8/h3H,4-7H2,1-2H3. The van der Waals surface area contributed by atoms with Crippen LogP contribution in [-0.2, 0) is 0 Å². The van der Waals surface area contributed by atoms with Crippen LogP contribution >= 0.6 is 11.6 Å². The first-order chi connectivity index (χ1) is 4.64. The number of halogens is 1. The van der Waals surface area contributed by atoms with E-state index in [-0.39, 0.29) is 4.87 Å². The molecule has 0 saturated heterocycles. The molecule has 0 aliphatic heterocycles. The van der Waals surface area contributed by atoms with Crippen molar-refractivity contribution >= 4 is 11.6 Å². The highest BCUT2D eigenvalue weighted by atomic mass is 35.5. The summed E-state index contributed by atoms with van der Waals surface area (Å²) in [4.78, 5) is 0.0898. The fourth-order valence-corrected chi connectivity index (χ4v) is 1.57. The maximum Gasteiger partial charge on any atom is 0.0424 e. The molecule has 1 saturated carbocycles. The van der Waals surface area contributed by atoms with Gasteiger partial charge in [-0.25, -0.2) is 0 Å². The molecule has 0 radical (unpaired) electrons. The van der Waals surface area contributed by atoms with Gasteiger partial charge in [-0.3, -0.25) is 0 Å². The van der Waals surface area contributed by atoms with Gasteiger partial charge in [0.15, 0.2) is 0 Å². The van der Waals surface area contributed by atoms with E-state index in [1.165, 1.54) is 12.8 Å². The quantitative estimate of drug-likeness (QED) is 0.374. The van der Waals surface area contributed by atoms with Crippen LogP contribution < -0.4 is 0 Å². The van der Waals surface area contributed by atoms with Crippen molar-refractivity contribution in [2.24, 2.45) is 0 Å². The van der Waals surface area contributed by atoms with Crippen molar-refractivity contribution in [2.75, 3.05) is 0 Å². The second-order valence-electron chi connectivity index (χ2n) is 3.36. The van der Waals surface area contributed by atoms with E-state index in [0.29, 0.717) is 0 Å². The van der Waals surface area contributed by atoms with Crippen molar-refractivity contribution < 1.29 is 0 Å². The molecule has 0 bridgehead atoms. The van der Waals surface area contributed by atoms with Crippen molar-refractivity contribution in [1.29, 1.82) is 0 Å². The highest BCUT2D eigenvalue weighted by Crippen LogP contribution is 2.35. The van der Waals surface area contributed by atoms with Crippen LogP contribution in [0.3, 0.4) is 0 Å². The first kappa shape index (κ1) is 8.13. The van der Waals surface area contributed by atoms with Gasteiger partial charge in [0.25, 0.3) is 0 Å². The van der Waals surface area contributed by atoms with Crippen LogP contribution in [0.2, 0.25) is 0 Å². The van der Waals surface area contributed by atoms with Crippen LogP contribution in [0.15, 0.2) is 11.6 Å². The first-order valence-electron chi connectivity index (χ1n) is 3.97. The Morgan fingerprint density at radius 2 is 1.90 bits per heavy atom. The molecule has 1 rings (SSSR count). The van der Waals surface area contributed by atoms with Crippen molar-refractivity contribution in [1.82, 2.24) is 0 Å². The van der Waals surface area contributed by atoms with E-state index in [1.807, 2.05) is 0 Å². The fraction of sp³-hybridized carbons (Fsp3) is 0.778. The predicted octanol–water partition coefficient (Wildman–Crippen LogP) is 3.50. The molecule has 0 atom stereocenters. The average Bonchev–Trinajstić information content (AvgIpc) is 1.88. The second-order valence-corrected chi connectivity index (χ2v) is 4.27. The van der Waals surface area contributed by atoms with Gasteiger partial charge < -0.3 is 0 Å². The molecule has 1 aliphatic rings. The molecule has 1 heteroatoms. The van der Waals surface area contributed by atoms with Crippen LogP contribution in [0.4, 0.5) is 0 Å². The second kappa shape index (κ2) is 2.96. The summed E-state index contributed by atoms with van der Waals surface area (Å²) in [5, 5.41) is 0. The minimum absolute atomic E-state index is 0.0898. The lowest BCUT2D eigenvalue weighted by Crippen LogP contribution is -2.20. The summed E-state index contributed by atoms with van der Waals surface area (Å²) in [6, 6.07) is 0. The van der Waals surface area contributed by atoms with Gasteiger partial charge in [-0.2, -0.15) is 0 Å². The van der Waals surface area contributed by atoms with Gasteiger partial charge >= 0.3 is 0 Å². The molecule has 0 aromatic carbocycles. The predicted molar refractivity (Wildman–Crippen MR) is 46.5 cm³/mol. The minimum Gasteiger partial charge on any atom is -0.120 e. The van der Waals surface area contributed by atoms with Gasteiger partial charge in [0.2, 0.25) is 0 Å². The van der Waals surface area contributed by atoms with Crippen LogP contribution in [0, 0.1) is 0 Å². The van der Waals surface area contributed by atoms with E-state index in [4.69, 9.17) is 11.6 Å². The molecule has 0 heterocycles. The van der Waals surface area contributed by atoms with E-state index >= 15 is 0 Å². The molecule has 0 N–H and O–H groups in total. The number of allylic oxidation sites excluding steroid dienone is 2. The summed E-state index contributed by atoms with van der Waals surface area (Å²) in [6.07, 6.45) is 6.93. The van der Waals surface area contributed by atoms with Gasteiger partial charge in [-0.1, -0.05) is 11.6 Å². The van der Waals surface area contributed by atoms with Gasteiger partial charge in [-0.05, 0) is 39.5 Å². The molecule has 58 valence electrons. The van der Waals surface area contributed by atoms with Gasteiger partial charge in [0.05, 0.1) is 0 Å². The summed E-state index contributed by atoms with van der Waals surface area (Å²) in [6.45, 7) is 4.26. The number of hydrogen-bond donors (Lipinski definition) is 0. The summed E-state index contributed by atoms with van der Waals surface area (Å²) < 4.78 is 0.